The van der Waals surface area contributed by atoms with Crippen LogP contribution in [0.5, 0.6) is 0 Å². The van der Waals surface area contributed by atoms with E-state index in [9.17, 15) is 19.5 Å². The largest absolute Gasteiger partial charge is 0.462 e. The van der Waals surface area contributed by atoms with Gasteiger partial charge in [0, 0.05) is 32.6 Å². The summed E-state index contributed by atoms with van der Waals surface area (Å²) in [6, 6.07) is 5.56. The summed E-state index contributed by atoms with van der Waals surface area (Å²) < 4.78 is 6.23. The van der Waals surface area contributed by atoms with Crippen LogP contribution >= 0.6 is 0 Å². The Balaban J connectivity index is 2.25. The van der Waals surface area contributed by atoms with Crippen molar-refractivity contribution in [2.45, 2.75) is 32.9 Å². The fourth-order valence-electron chi connectivity index (χ4n) is 3.37. The first-order valence-electron chi connectivity index (χ1n) is 10.7. The predicted molar refractivity (Wildman–Crippen MR) is 122 cm³/mol. The molecular weight excluding hydrogens is 428 g/mol. The van der Waals surface area contributed by atoms with Crippen molar-refractivity contribution >= 4 is 12.0 Å². The molecule has 0 fully saturated rings. The van der Waals surface area contributed by atoms with E-state index < -0.39 is 18.0 Å². The quantitative estimate of drug-likeness (QED) is 0.444. The average molecular weight is 461 g/mol. The molecule has 0 aliphatic rings. The summed E-state index contributed by atoms with van der Waals surface area (Å²) >= 11 is 0. The number of esters is 1. The second-order valence-electron chi connectivity index (χ2n) is 8.20. The van der Waals surface area contributed by atoms with Gasteiger partial charge in [-0.25, -0.2) is 14.3 Å². The van der Waals surface area contributed by atoms with Crippen molar-refractivity contribution in [1.82, 2.24) is 20.0 Å². The number of aliphatic hydroxyl groups is 2. The van der Waals surface area contributed by atoms with Crippen LogP contribution in [0.2, 0.25) is 0 Å². The normalized spacial score (nSPS) is 11.8. The van der Waals surface area contributed by atoms with Crippen LogP contribution < -0.4 is 10.9 Å². The van der Waals surface area contributed by atoms with Crippen molar-refractivity contribution < 1.29 is 24.5 Å². The summed E-state index contributed by atoms with van der Waals surface area (Å²) in [4.78, 5) is 39.0. The zero-order valence-electron chi connectivity index (χ0n) is 19.4. The lowest BCUT2D eigenvalue weighted by Gasteiger charge is -2.24. The number of nitrogens with one attached hydrogen (secondary N) is 1. The Morgan fingerprint density at radius 1 is 1.21 bits per heavy atom. The minimum atomic E-state index is -0.952. The van der Waals surface area contributed by atoms with Crippen LogP contribution in [-0.2, 0) is 29.6 Å². The number of hydrogen-bond acceptors (Lipinski definition) is 7. The van der Waals surface area contributed by atoms with E-state index >= 15 is 0 Å². The molecule has 2 rings (SSSR count). The van der Waals surface area contributed by atoms with E-state index in [1.165, 1.54) is 22.8 Å². The number of benzene rings is 1. The molecule has 0 bridgehead atoms. The van der Waals surface area contributed by atoms with Crippen LogP contribution in [0.25, 0.3) is 11.1 Å². The van der Waals surface area contributed by atoms with Crippen molar-refractivity contribution in [1.29, 1.82) is 0 Å². The van der Waals surface area contributed by atoms with Gasteiger partial charge in [-0.1, -0.05) is 38.1 Å². The number of urea groups is 1. The highest BCUT2D eigenvalue weighted by Crippen LogP contribution is 2.21. The van der Waals surface area contributed by atoms with Crippen molar-refractivity contribution in [3.8, 4) is 11.1 Å². The molecule has 1 aromatic carbocycles. The molecule has 2 amide bonds. The number of nitrogens with zero attached hydrogens (tertiary/aromatic N) is 3. The lowest BCUT2D eigenvalue weighted by molar-refractivity contribution is -0.146. The topological polar surface area (TPSA) is 134 Å². The van der Waals surface area contributed by atoms with Gasteiger partial charge in [-0.05, 0) is 17.0 Å². The van der Waals surface area contributed by atoms with Gasteiger partial charge in [-0.3, -0.25) is 4.79 Å². The molecule has 2 aromatic rings. The number of ether oxygens (including phenoxy) is 1. The van der Waals surface area contributed by atoms with Crippen LogP contribution in [0, 0.1) is 5.92 Å². The van der Waals surface area contributed by atoms with Crippen molar-refractivity contribution in [3.05, 3.63) is 51.9 Å². The molecule has 0 saturated heterocycles. The maximum Gasteiger partial charge on any atom is 0.329 e. The molecule has 10 heteroatoms. The Morgan fingerprint density at radius 2 is 1.88 bits per heavy atom. The highest BCUT2D eigenvalue weighted by atomic mass is 16.5. The fraction of sp³-hybridized carbons (Fsp3) is 0.478. The van der Waals surface area contributed by atoms with E-state index in [0.29, 0.717) is 23.2 Å². The molecule has 0 radical (unpaired) electrons. The summed E-state index contributed by atoms with van der Waals surface area (Å²) in [7, 11) is 3.18. The van der Waals surface area contributed by atoms with Gasteiger partial charge in [0.15, 0.2) is 0 Å². The standard InChI is InChI=1S/C23H32N4O6/c1-15(2)13-26(3)23(32)25-19(22(31)33-10-9-28)11-16-5-7-17(8-6-16)20-18(14-29)12-24-27(4)21(20)30/h5-8,12,15,19,28-29H,9-11,13-14H2,1-4H3,(H,25,32)/t19-/m0/s1. The minimum absolute atomic E-state index is 0.160. The number of amides is 2. The molecule has 3 N–H and O–H groups in total. The number of aliphatic hydroxyl groups excluding tert-OH is 2. The van der Waals surface area contributed by atoms with E-state index in [4.69, 9.17) is 9.84 Å². The Morgan fingerprint density at radius 3 is 2.45 bits per heavy atom. The van der Waals surface area contributed by atoms with Gasteiger partial charge in [-0.2, -0.15) is 5.10 Å². The zero-order valence-corrected chi connectivity index (χ0v) is 19.4. The van der Waals surface area contributed by atoms with E-state index in [1.54, 1.807) is 31.3 Å². The molecule has 1 atom stereocenters. The highest BCUT2D eigenvalue weighted by Gasteiger charge is 2.24. The first-order chi connectivity index (χ1) is 15.7. The van der Waals surface area contributed by atoms with E-state index in [2.05, 4.69) is 10.4 Å². The van der Waals surface area contributed by atoms with E-state index in [0.717, 1.165) is 5.56 Å². The number of hydrogen-bond donors (Lipinski definition) is 3. The molecular formula is C23H32N4O6. The molecule has 180 valence electrons. The monoisotopic (exact) mass is 460 g/mol. The summed E-state index contributed by atoms with van der Waals surface area (Å²) in [5.41, 5.74) is 1.76. The van der Waals surface area contributed by atoms with E-state index in [1.807, 2.05) is 13.8 Å². The van der Waals surface area contributed by atoms with Gasteiger partial charge in [-0.15, -0.1) is 0 Å². The van der Waals surface area contributed by atoms with Crippen LogP contribution in [-0.4, -0.2) is 69.7 Å². The summed E-state index contributed by atoms with van der Waals surface area (Å²) in [5, 5.41) is 25.2. The van der Waals surface area contributed by atoms with Gasteiger partial charge in [0.05, 0.1) is 25.0 Å². The molecule has 10 nitrogen and oxygen atoms in total. The maximum atomic E-state index is 12.5. The molecule has 0 spiro atoms. The second-order valence-corrected chi connectivity index (χ2v) is 8.20. The summed E-state index contributed by atoms with van der Waals surface area (Å²) in [6.07, 6.45) is 1.61. The SMILES string of the molecule is CC(C)CN(C)C(=O)N[C@@H](Cc1ccc(-c2c(CO)cnn(C)c2=O)cc1)C(=O)OCCO. The Bertz CT molecular complexity index is 1000. The smallest absolute Gasteiger partial charge is 0.329 e. The van der Waals surface area contributed by atoms with Crippen molar-refractivity contribution in [2.24, 2.45) is 13.0 Å². The van der Waals surface area contributed by atoms with Crippen molar-refractivity contribution in [3.63, 3.8) is 0 Å². The minimum Gasteiger partial charge on any atom is -0.462 e. The molecule has 1 aromatic heterocycles. The van der Waals surface area contributed by atoms with Gasteiger partial charge in [0.1, 0.15) is 12.6 Å². The third-order valence-corrected chi connectivity index (χ3v) is 4.97. The highest BCUT2D eigenvalue weighted by molar-refractivity contribution is 5.83. The summed E-state index contributed by atoms with van der Waals surface area (Å²) in [5.74, 6) is -0.386. The van der Waals surface area contributed by atoms with Crippen molar-refractivity contribution in [2.75, 3.05) is 26.8 Å². The van der Waals surface area contributed by atoms with Crippen LogP contribution in [0.3, 0.4) is 0 Å². The third-order valence-electron chi connectivity index (χ3n) is 4.97. The van der Waals surface area contributed by atoms with Gasteiger partial charge in [0.25, 0.3) is 5.56 Å². The van der Waals surface area contributed by atoms with Gasteiger partial charge in [0.2, 0.25) is 0 Å². The molecule has 1 heterocycles. The Kier molecular flexibility index (Phi) is 9.56. The zero-order chi connectivity index (χ0) is 24.5. The number of aromatic nitrogens is 2. The number of carbonyl (C=O) groups is 2. The van der Waals surface area contributed by atoms with Gasteiger partial charge >= 0.3 is 12.0 Å². The number of carbonyl (C=O) groups excluding carboxylic acids is 2. The van der Waals surface area contributed by atoms with Crippen LogP contribution in [0.1, 0.15) is 25.0 Å². The summed E-state index contributed by atoms with van der Waals surface area (Å²) in [6.45, 7) is 3.68. The van der Waals surface area contributed by atoms with Crippen LogP contribution in [0.4, 0.5) is 4.79 Å². The average Bonchev–Trinajstić information content (AvgIpc) is 2.78. The molecule has 0 unspecified atom stereocenters. The van der Waals surface area contributed by atoms with Crippen LogP contribution in [0.15, 0.2) is 35.3 Å². The molecule has 0 aliphatic carbocycles. The Hall–Kier alpha value is -3.24. The number of aryl methyl sites for hydroxylation is 1. The second kappa shape index (κ2) is 12.1. The predicted octanol–water partition coefficient (Wildman–Crippen LogP) is 0.684. The Labute approximate surface area is 192 Å². The number of rotatable bonds is 10. The molecule has 33 heavy (non-hydrogen) atoms. The maximum absolute atomic E-state index is 12.5. The molecule has 0 aliphatic heterocycles. The first-order valence-corrected chi connectivity index (χ1v) is 10.7. The lowest BCUT2D eigenvalue weighted by atomic mass is 9.99. The third kappa shape index (κ3) is 7.13. The van der Waals surface area contributed by atoms with E-state index in [-0.39, 0.29) is 37.7 Å². The lowest BCUT2D eigenvalue weighted by Crippen LogP contribution is -2.49. The fourth-order valence-corrected chi connectivity index (χ4v) is 3.37. The molecule has 0 saturated carbocycles. The first kappa shape index (κ1) is 26.0. The van der Waals surface area contributed by atoms with Gasteiger partial charge < -0.3 is 25.2 Å².